The van der Waals surface area contributed by atoms with Gasteiger partial charge in [-0.05, 0) is 19.3 Å². The highest BCUT2D eigenvalue weighted by molar-refractivity contribution is 5.10. The van der Waals surface area contributed by atoms with E-state index in [1.54, 1.807) is 0 Å². The van der Waals surface area contributed by atoms with E-state index < -0.39 is 0 Å². The Morgan fingerprint density at radius 3 is 2.80 bits per heavy atom. The summed E-state index contributed by atoms with van der Waals surface area (Å²) in [6.45, 7) is 4.18. The molecule has 3 heterocycles. The second-order valence-corrected chi connectivity index (χ2v) is 5.04. The van der Waals surface area contributed by atoms with Gasteiger partial charge in [0.2, 0.25) is 5.89 Å². The Labute approximate surface area is 89.4 Å². The maximum absolute atomic E-state index is 5.36. The molecule has 0 aromatic carbocycles. The topological polar surface area (TPSA) is 51.0 Å². The van der Waals surface area contributed by atoms with E-state index in [1.807, 2.05) is 0 Å². The van der Waals surface area contributed by atoms with Crippen LogP contribution in [0.15, 0.2) is 4.52 Å². The van der Waals surface area contributed by atoms with Crippen molar-refractivity contribution in [3.05, 3.63) is 11.7 Å². The third kappa shape index (κ3) is 1.47. The highest BCUT2D eigenvalue weighted by atomic mass is 16.5. The van der Waals surface area contributed by atoms with E-state index in [0.29, 0.717) is 23.9 Å². The predicted molar refractivity (Wildman–Crippen MR) is 55.7 cm³/mol. The molecule has 0 saturated carbocycles. The first-order valence-corrected chi connectivity index (χ1v) is 5.83. The molecule has 82 valence electrons. The van der Waals surface area contributed by atoms with Gasteiger partial charge in [-0.25, -0.2) is 0 Å². The average molecular weight is 207 g/mol. The minimum Gasteiger partial charge on any atom is -0.339 e. The van der Waals surface area contributed by atoms with Crippen molar-refractivity contribution in [3.63, 3.8) is 0 Å². The van der Waals surface area contributed by atoms with Crippen molar-refractivity contribution in [2.24, 2.45) is 0 Å². The van der Waals surface area contributed by atoms with Crippen LogP contribution in [0.3, 0.4) is 0 Å². The van der Waals surface area contributed by atoms with Gasteiger partial charge in [0.1, 0.15) is 0 Å². The summed E-state index contributed by atoms with van der Waals surface area (Å²) in [5.74, 6) is 2.50. The standard InChI is InChI=1S/C11H17N3O/c1-6(2)10-13-11(15-14-10)8-5-7-3-4-9(8)12-7/h6-9,12H,3-5H2,1-2H3. The normalized spacial score (nSPS) is 34.2. The second kappa shape index (κ2) is 3.30. The van der Waals surface area contributed by atoms with Crippen molar-refractivity contribution in [3.8, 4) is 0 Å². The molecule has 15 heavy (non-hydrogen) atoms. The van der Waals surface area contributed by atoms with Gasteiger partial charge in [0.25, 0.3) is 0 Å². The van der Waals surface area contributed by atoms with E-state index in [4.69, 9.17) is 4.52 Å². The zero-order chi connectivity index (χ0) is 10.4. The molecule has 0 spiro atoms. The fourth-order valence-electron chi connectivity index (χ4n) is 2.73. The summed E-state index contributed by atoms with van der Waals surface area (Å²) < 4.78 is 5.36. The Kier molecular flexibility index (Phi) is 2.06. The summed E-state index contributed by atoms with van der Waals surface area (Å²) in [4.78, 5) is 4.49. The van der Waals surface area contributed by atoms with Gasteiger partial charge in [0.05, 0.1) is 5.92 Å². The molecular formula is C11H17N3O. The average Bonchev–Trinajstić information content (AvgIpc) is 2.93. The highest BCUT2D eigenvalue weighted by Crippen LogP contribution is 2.39. The molecule has 0 aliphatic carbocycles. The Hall–Kier alpha value is -0.900. The number of hydrogen-bond donors (Lipinski definition) is 1. The maximum Gasteiger partial charge on any atom is 0.231 e. The largest absolute Gasteiger partial charge is 0.339 e. The van der Waals surface area contributed by atoms with Gasteiger partial charge in [-0.2, -0.15) is 4.98 Å². The second-order valence-electron chi connectivity index (χ2n) is 5.04. The molecular weight excluding hydrogens is 190 g/mol. The Bertz CT molecular complexity index is 360. The minimum atomic E-state index is 0.356. The zero-order valence-electron chi connectivity index (χ0n) is 9.23. The quantitative estimate of drug-likeness (QED) is 0.803. The lowest BCUT2D eigenvalue weighted by Gasteiger charge is -2.15. The maximum atomic E-state index is 5.36. The lowest BCUT2D eigenvalue weighted by Crippen LogP contribution is -2.21. The van der Waals surface area contributed by atoms with Crippen LogP contribution in [0, 0.1) is 0 Å². The monoisotopic (exact) mass is 207 g/mol. The number of aromatic nitrogens is 2. The third-order valence-electron chi connectivity index (χ3n) is 3.59. The summed E-state index contributed by atoms with van der Waals surface area (Å²) in [7, 11) is 0. The summed E-state index contributed by atoms with van der Waals surface area (Å²) in [5, 5.41) is 7.62. The molecule has 3 unspecified atom stereocenters. The van der Waals surface area contributed by atoms with Crippen LogP contribution in [0.25, 0.3) is 0 Å². The number of hydrogen-bond acceptors (Lipinski definition) is 4. The summed E-state index contributed by atoms with van der Waals surface area (Å²) in [5.41, 5.74) is 0. The lowest BCUT2D eigenvalue weighted by molar-refractivity contribution is 0.326. The molecule has 2 aliphatic rings. The zero-order valence-corrected chi connectivity index (χ0v) is 9.23. The van der Waals surface area contributed by atoms with Gasteiger partial charge in [0, 0.05) is 18.0 Å². The number of fused-ring (bicyclic) bond motifs is 2. The molecule has 2 fully saturated rings. The Balaban J connectivity index is 1.81. The van der Waals surface area contributed by atoms with Crippen LogP contribution in [0.2, 0.25) is 0 Å². The number of nitrogens with one attached hydrogen (secondary N) is 1. The van der Waals surface area contributed by atoms with Gasteiger partial charge >= 0.3 is 0 Å². The van der Waals surface area contributed by atoms with Gasteiger partial charge in [0.15, 0.2) is 5.82 Å². The van der Waals surface area contributed by atoms with Crippen LogP contribution in [-0.4, -0.2) is 22.2 Å². The molecule has 1 aromatic heterocycles. The molecule has 1 aromatic rings. The number of rotatable bonds is 2. The summed E-state index contributed by atoms with van der Waals surface area (Å²) in [6, 6.07) is 1.27. The van der Waals surface area contributed by atoms with Crippen molar-refractivity contribution in [2.75, 3.05) is 0 Å². The summed E-state index contributed by atoms with van der Waals surface area (Å²) >= 11 is 0. The van der Waals surface area contributed by atoms with Crippen LogP contribution in [0.1, 0.15) is 56.7 Å². The Morgan fingerprint density at radius 2 is 2.27 bits per heavy atom. The minimum absolute atomic E-state index is 0.356. The van der Waals surface area contributed by atoms with E-state index in [9.17, 15) is 0 Å². The van der Waals surface area contributed by atoms with Gasteiger partial charge in [-0.15, -0.1) is 0 Å². The fraction of sp³-hybridized carbons (Fsp3) is 0.818. The first-order chi connectivity index (χ1) is 7.24. The molecule has 1 N–H and O–H groups in total. The van der Waals surface area contributed by atoms with E-state index in [2.05, 4.69) is 29.3 Å². The third-order valence-corrected chi connectivity index (χ3v) is 3.59. The lowest BCUT2D eigenvalue weighted by atomic mass is 9.89. The van der Waals surface area contributed by atoms with Crippen molar-refractivity contribution in [1.29, 1.82) is 0 Å². The first kappa shape index (κ1) is 9.33. The molecule has 3 atom stereocenters. The predicted octanol–water partition coefficient (Wildman–Crippen LogP) is 1.80. The molecule has 2 aliphatic heterocycles. The highest BCUT2D eigenvalue weighted by Gasteiger charge is 2.42. The SMILES string of the molecule is CC(C)c1noc(C2CC3CCC2N3)n1. The Morgan fingerprint density at radius 1 is 1.40 bits per heavy atom. The van der Waals surface area contributed by atoms with Crippen LogP contribution in [0.4, 0.5) is 0 Å². The van der Waals surface area contributed by atoms with Gasteiger partial charge < -0.3 is 9.84 Å². The van der Waals surface area contributed by atoms with Crippen molar-refractivity contribution in [2.45, 2.75) is 57.0 Å². The fourth-order valence-corrected chi connectivity index (χ4v) is 2.73. The van der Waals surface area contributed by atoms with Crippen LogP contribution < -0.4 is 5.32 Å². The first-order valence-electron chi connectivity index (χ1n) is 5.83. The summed E-state index contributed by atoms with van der Waals surface area (Å²) in [6.07, 6.45) is 3.74. The smallest absolute Gasteiger partial charge is 0.231 e. The van der Waals surface area contributed by atoms with Crippen molar-refractivity contribution >= 4 is 0 Å². The molecule has 2 saturated heterocycles. The van der Waals surface area contributed by atoms with E-state index in [0.717, 1.165) is 11.7 Å². The molecule has 4 heteroatoms. The van der Waals surface area contributed by atoms with Crippen LogP contribution in [-0.2, 0) is 0 Å². The van der Waals surface area contributed by atoms with Crippen molar-refractivity contribution in [1.82, 2.24) is 15.5 Å². The van der Waals surface area contributed by atoms with E-state index >= 15 is 0 Å². The molecule has 4 nitrogen and oxygen atoms in total. The molecule has 3 rings (SSSR count). The van der Waals surface area contributed by atoms with Crippen molar-refractivity contribution < 1.29 is 4.52 Å². The van der Waals surface area contributed by atoms with Crippen LogP contribution in [0.5, 0.6) is 0 Å². The van der Waals surface area contributed by atoms with Gasteiger partial charge in [-0.1, -0.05) is 19.0 Å². The van der Waals surface area contributed by atoms with Crippen LogP contribution >= 0.6 is 0 Å². The van der Waals surface area contributed by atoms with E-state index in [1.165, 1.54) is 19.3 Å². The van der Waals surface area contributed by atoms with Gasteiger partial charge in [-0.3, -0.25) is 0 Å². The molecule has 2 bridgehead atoms. The van der Waals surface area contributed by atoms with E-state index in [-0.39, 0.29) is 0 Å². The molecule has 0 amide bonds. The number of nitrogens with zero attached hydrogens (tertiary/aromatic N) is 2. The molecule has 0 radical (unpaired) electrons.